The third kappa shape index (κ3) is 16.6. The van der Waals surface area contributed by atoms with Crippen LogP contribution in [0.4, 0.5) is 4.79 Å². The summed E-state index contributed by atoms with van der Waals surface area (Å²) in [7, 11) is 0. The largest absolute Gasteiger partial charge is 0.511 e. The van der Waals surface area contributed by atoms with Crippen molar-refractivity contribution in [1.82, 2.24) is 4.90 Å². The van der Waals surface area contributed by atoms with Crippen molar-refractivity contribution in [2.75, 3.05) is 13.1 Å². The van der Waals surface area contributed by atoms with Gasteiger partial charge in [0.2, 0.25) is 0 Å². The van der Waals surface area contributed by atoms with E-state index in [-0.39, 0.29) is 5.76 Å². The Kier molecular flexibility index (Phi) is 9.58. The predicted octanol–water partition coefficient (Wildman–Crippen LogP) is 1.91. The van der Waals surface area contributed by atoms with E-state index in [9.17, 15) is 0 Å². The Morgan fingerprint density at radius 3 is 1.93 bits per heavy atom. The third-order valence-corrected chi connectivity index (χ3v) is 1.01. The molecule has 0 aromatic carbocycles. The van der Waals surface area contributed by atoms with E-state index in [1.54, 1.807) is 17.2 Å². The summed E-state index contributed by atoms with van der Waals surface area (Å²) < 4.78 is 0. The van der Waals surface area contributed by atoms with Crippen LogP contribution in [0.15, 0.2) is 37.8 Å². The van der Waals surface area contributed by atoms with Crippen molar-refractivity contribution in [2.24, 2.45) is 0 Å². The molecule has 3 N–H and O–H groups in total. The van der Waals surface area contributed by atoms with Gasteiger partial charge in [-0.05, 0) is 6.20 Å². The Labute approximate surface area is 82.9 Å². The summed E-state index contributed by atoms with van der Waals surface area (Å²) in [6, 6.07) is 0. The summed E-state index contributed by atoms with van der Waals surface area (Å²) in [5.74, 6) is 0.141. The Bertz CT molecular complexity index is 209. The fourth-order valence-corrected chi connectivity index (χ4v) is 0.604. The number of carboxylic acid groups (broad SMARTS) is 2. The molecule has 0 saturated carbocycles. The number of rotatable bonds is 5. The van der Waals surface area contributed by atoms with Gasteiger partial charge in [-0.3, -0.25) is 0 Å². The zero-order chi connectivity index (χ0) is 11.6. The van der Waals surface area contributed by atoms with Crippen LogP contribution in [-0.4, -0.2) is 39.5 Å². The predicted molar refractivity (Wildman–Crippen MR) is 54.4 cm³/mol. The van der Waals surface area contributed by atoms with E-state index in [1.165, 1.54) is 0 Å². The van der Waals surface area contributed by atoms with E-state index in [0.29, 0.717) is 13.1 Å². The molecule has 80 valence electrons. The molecule has 0 amide bonds. The molecule has 0 aliphatic heterocycles. The molecule has 0 aliphatic carbocycles. The van der Waals surface area contributed by atoms with Gasteiger partial charge in [0, 0.05) is 6.54 Å². The minimum absolute atomic E-state index is 0.141. The first-order valence-electron chi connectivity index (χ1n) is 3.70. The maximum Gasteiger partial charge on any atom is 0.503 e. The highest BCUT2D eigenvalue weighted by Crippen LogP contribution is 1.92. The van der Waals surface area contributed by atoms with Gasteiger partial charge in [-0.15, -0.1) is 6.58 Å². The standard InChI is InChI=1S/C8H13NO.CH2O3/c1-4-6-9(5-2)7-8(3)10;2-1(3)4/h4-5,10H,1-3,6-7H2;(H2,2,3,4). The Morgan fingerprint density at radius 2 is 1.71 bits per heavy atom. The second-order valence-electron chi connectivity index (χ2n) is 2.25. The zero-order valence-corrected chi connectivity index (χ0v) is 7.89. The lowest BCUT2D eigenvalue weighted by Crippen LogP contribution is -2.19. The fourth-order valence-electron chi connectivity index (χ4n) is 0.604. The molecular weight excluding hydrogens is 186 g/mol. The van der Waals surface area contributed by atoms with E-state index in [2.05, 4.69) is 19.7 Å². The summed E-state index contributed by atoms with van der Waals surface area (Å²) in [5.41, 5.74) is 0. The summed E-state index contributed by atoms with van der Waals surface area (Å²) in [6.07, 6.45) is 1.55. The van der Waals surface area contributed by atoms with Crippen molar-refractivity contribution in [2.45, 2.75) is 0 Å². The number of nitrogens with zero attached hydrogens (tertiary/aromatic N) is 1. The first-order valence-corrected chi connectivity index (χ1v) is 3.70. The van der Waals surface area contributed by atoms with E-state index in [0.717, 1.165) is 0 Å². The van der Waals surface area contributed by atoms with Gasteiger partial charge in [0.1, 0.15) is 5.76 Å². The molecule has 14 heavy (non-hydrogen) atoms. The van der Waals surface area contributed by atoms with Crippen LogP contribution < -0.4 is 0 Å². The average molecular weight is 201 g/mol. The first kappa shape index (κ1) is 14.6. The second-order valence-corrected chi connectivity index (χ2v) is 2.25. The maximum absolute atomic E-state index is 8.76. The van der Waals surface area contributed by atoms with Crippen LogP contribution in [0.2, 0.25) is 0 Å². The highest BCUT2D eigenvalue weighted by atomic mass is 16.6. The Balaban J connectivity index is 0. The number of hydrogen-bond acceptors (Lipinski definition) is 3. The molecule has 0 radical (unpaired) electrons. The van der Waals surface area contributed by atoms with Gasteiger partial charge < -0.3 is 20.2 Å². The van der Waals surface area contributed by atoms with Gasteiger partial charge >= 0.3 is 6.16 Å². The first-order chi connectivity index (χ1) is 6.43. The zero-order valence-electron chi connectivity index (χ0n) is 7.89. The van der Waals surface area contributed by atoms with Crippen molar-refractivity contribution < 1.29 is 20.1 Å². The molecule has 0 saturated heterocycles. The minimum atomic E-state index is -1.83. The van der Waals surface area contributed by atoms with Crippen LogP contribution >= 0.6 is 0 Å². The van der Waals surface area contributed by atoms with E-state index >= 15 is 0 Å². The fraction of sp³-hybridized carbons (Fsp3) is 0.222. The van der Waals surface area contributed by atoms with E-state index in [4.69, 9.17) is 20.1 Å². The topological polar surface area (TPSA) is 81.0 Å². The molecule has 0 rings (SSSR count). The smallest absolute Gasteiger partial charge is 0.503 e. The van der Waals surface area contributed by atoms with Gasteiger partial charge in [0.15, 0.2) is 0 Å². The number of aliphatic hydroxyl groups is 1. The molecule has 0 aromatic rings. The average Bonchev–Trinajstić information content (AvgIpc) is 2.01. The van der Waals surface area contributed by atoms with Crippen LogP contribution in [0.5, 0.6) is 0 Å². The van der Waals surface area contributed by atoms with Crippen LogP contribution in [0.25, 0.3) is 0 Å². The van der Waals surface area contributed by atoms with Crippen molar-refractivity contribution >= 4 is 6.16 Å². The SMILES string of the molecule is C=CCN(C=C)CC(=C)O.O=C(O)O. The molecular formula is C9H15NO4. The maximum atomic E-state index is 8.76. The monoisotopic (exact) mass is 201 g/mol. The highest BCUT2D eigenvalue weighted by Gasteiger charge is 1.95. The summed E-state index contributed by atoms with van der Waals surface area (Å²) in [5, 5.41) is 22.7. The lowest BCUT2D eigenvalue weighted by atomic mass is 10.4. The van der Waals surface area contributed by atoms with Gasteiger partial charge in [-0.25, -0.2) is 4.79 Å². The Morgan fingerprint density at radius 1 is 1.29 bits per heavy atom. The third-order valence-electron chi connectivity index (χ3n) is 1.01. The van der Waals surface area contributed by atoms with Crippen molar-refractivity contribution in [1.29, 1.82) is 0 Å². The molecule has 0 atom stereocenters. The molecule has 0 unspecified atom stereocenters. The van der Waals surface area contributed by atoms with E-state index < -0.39 is 6.16 Å². The van der Waals surface area contributed by atoms with Crippen molar-refractivity contribution in [3.63, 3.8) is 0 Å². The van der Waals surface area contributed by atoms with Crippen molar-refractivity contribution in [3.8, 4) is 0 Å². The molecule has 0 spiro atoms. The molecule has 0 heterocycles. The van der Waals surface area contributed by atoms with Gasteiger partial charge in [-0.2, -0.15) is 0 Å². The van der Waals surface area contributed by atoms with Crippen LogP contribution in [0.3, 0.4) is 0 Å². The second kappa shape index (κ2) is 9.18. The summed E-state index contributed by atoms with van der Waals surface area (Å²) in [6.45, 7) is 11.6. The van der Waals surface area contributed by atoms with Gasteiger partial charge in [-0.1, -0.05) is 19.2 Å². The number of carbonyl (C=O) groups is 1. The van der Waals surface area contributed by atoms with Gasteiger partial charge in [0.25, 0.3) is 0 Å². The van der Waals surface area contributed by atoms with Crippen LogP contribution in [0, 0.1) is 0 Å². The molecule has 5 nitrogen and oxygen atoms in total. The molecule has 0 fully saturated rings. The lowest BCUT2D eigenvalue weighted by molar-refractivity contribution is 0.137. The number of hydrogen-bond donors (Lipinski definition) is 3. The highest BCUT2D eigenvalue weighted by molar-refractivity contribution is 5.53. The molecule has 0 bridgehead atoms. The number of aliphatic hydroxyl groups excluding tert-OH is 1. The van der Waals surface area contributed by atoms with Gasteiger partial charge in [0.05, 0.1) is 6.54 Å². The summed E-state index contributed by atoms with van der Waals surface area (Å²) in [4.78, 5) is 10.4. The van der Waals surface area contributed by atoms with Crippen LogP contribution in [-0.2, 0) is 0 Å². The van der Waals surface area contributed by atoms with Crippen molar-refractivity contribution in [3.05, 3.63) is 37.8 Å². The lowest BCUT2D eigenvalue weighted by Gasteiger charge is -2.15. The molecule has 5 heteroatoms. The normalized spacial score (nSPS) is 7.71. The Hall–Kier alpha value is -1.91. The summed E-state index contributed by atoms with van der Waals surface area (Å²) >= 11 is 0. The molecule has 0 aliphatic rings. The quantitative estimate of drug-likeness (QED) is 0.467. The minimum Gasteiger partial charge on any atom is -0.511 e. The molecule has 0 aromatic heterocycles. The van der Waals surface area contributed by atoms with E-state index in [1.807, 2.05) is 0 Å². The van der Waals surface area contributed by atoms with Crippen LogP contribution in [0.1, 0.15) is 0 Å².